The maximum Gasteiger partial charge on any atom is 0.0366 e. The van der Waals surface area contributed by atoms with E-state index in [0.717, 1.165) is 0 Å². The van der Waals surface area contributed by atoms with Crippen LogP contribution in [0.25, 0.3) is 0 Å². The average molecular weight is 149 g/mol. The van der Waals surface area contributed by atoms with Crippen LogP contribution in [0.1, 0.15) is 11.1 Å². The minimum Gasteiger partial charge on any atom is -0.378 e. The number of aryl methyl sites for hydroxylation is 2. The molecule has 0 atom stereocenters. The van der Waals surface area contributed by atoms with Gasteiger partial charge in [-0.25, -0.2) is 0 Å². The van der Waals surface area contributed by atoms with Crippen LogP contribution in [-0.4, -0.2) is 14.1 Å². The molecule has 60 valence electrons. The molecule has 0 saturated heterocycles. The minimum absolute atomic E-state index is 1.28. The first kappa shape index (κ1) is 8.12. The standard InChI is InChI=1S/C10H15N/c1-8-5-9(2)7-10(6-8)11(3)4/h5-7H,1-4H3. The monoisotopic (exact) mass is 149 g/mol. The van der Waals surface area contributed by atoms with Crippen LogP contribution in [0.2, 0.25) is 0 Å². The number of benzene rings is 1. The molecular formula is C10H15N. The summed E-state index contributed by atoms with van der Waals surface area (Å²) in [7, 11) is 4.13. The van der Waals surface area contributed by atoms with Crippen molar-refractivity contribution in [3.63, 3.8) is 0 Å². The fourth-order valence-corrected chi connectivity index (χ4v) is 1.21. The molecule has 0 fully saturated rings. The van der Waals surface area contributed by atoms with E-state index in [0.29, 0.717) is 0 Å². The van der Waals surface area contributed by atoms with Crippen molar-refractivity contribution in [1.82, 2.24) is 0 Å². The molecule has 1 nitrogen and oxygen atoms in total. The highest BCUT2D eigenvalue weighted by molar-refractivity contribution is 5.49. The van der Waals surface area contributed by atoms with Crippen LogP contribution in [0.3, 0.4) is 0 Å². The van der Waals surface area contributed by atoms with E-state index in [9.17, 15) is 0 Å². The molecule has 0 radical (unpaired) electrons. The lowest BCUT2D eigenvalue weighted by atomic mass is 10.1. The van der Waals surface area contributed by atoms with Gasteiger partial charge in [0.25, 0.3) is 0 Å². The van der Waals surface area contributed by atoms with Gasteiger partial charge < -0.3 is 4.90 Å². The van der Waals surface area contributed by atoms with Gasteiger partial charge in [0.1, 0.15) is 0 Å². The van der Waals surface area contributed by atoms with E-state index in [4.69, 9.17) is 0 Å². The van der Waals surface area contributed by atoms with Gasteiger partial charge in [-0.05, 0) is 37.1 Å². The van der Waals surface area contributed by atoms with Gasteiger partial charge in [-0.1, -0.05) is 6.07 Å². The number of hydrogen-bond acceptors (Lipinski definition) is 1. The fraction of sp³-hybridized carbons (Fsp3) is 0.400. The maximum absolute atomic E-state index is 2.19. The average Bonchev–Trinajstić information content (AvgIpc) is 1.85. The first-order chi connectivity index (χ1) is 5.09. The largest absolute Gasteiger partial charge is 0.378 e. The zero-order valence-corrected chi connectivity index (χ0v) is 7.68. The highest BCUT2D eigenvalue weighted by Gasteiger charge is 1.95. The molecule has 0 aliphatic rings. The van der Waals surface area contributed by atoms with E-state index in [1.54, 1.807) is 0 Å². The summed E-state index contributed by atoms with van der Waals surface area (Å²) in [6.07, 6.45) is 0. The number of nitrogens with zero attached hydrogens (tertiary/aromatic N) is 1. The molecule has 0 N–H and O–H groups in total. The molecule has 1 aromatic carbocycles. The Labute approximate surface area is 68.7 Å². The Morgan fingerprint density at radius 3 is 1.73 bits per heavy atom. The summed E-state index contributed by atoms with van der Waals surface area (Å²) in [4.78, 5) is 2.12. The van der Waals surface area contributed by atoms with Crippen molar-refractivity contribution in [3.8, 4) is 0 Å². The lowest BCUT2D eigenvalue weighted by molar-refractivity contribution is 1.12. The van der Waals surface area contributed by atoms with Crippen LogP contribution >= 0.6 is 0 Å². The smallest absolute Gasteiger partial charge is 0.0366 e. The molecule has 0 aliphatic heterocycles. The highest BCUT2D eigenvalue weighted by Crippen LogP contribution is 2.15. The molecule has 0 heterocycles. The molecule has 0 spiro atoms. The lowest BCUT2D eigenvalue weighted by Crippen LogP contribution is -2.08. The Bertz CT molecular complexity index is 231. The van der Waals surface area contributed by atoms with E-state index in [1.165, 1.54) is 16.8 Å². The zero-order chi connectivity index (χ0) is 8.43. The fourth-order valence-electron chi connectivity index (χ4n) is 1.21. The third-order valence-electron chi connectivity index (χ3n) is 1.72. The van der Waals surface area contributed by atoms with Gasteiger partial charge >= 0.3 is 0 Å². The topological polar surface area (TPSA) is 3.24 Å². The molecule has 0 bridgehead atoms. The van der Waals surface area contributed by atoms with E-state index in [2.05, 4.69) is 51.0 Å². The summed E-state index contributed by atoms with van der Waals surface area (Å²) in [5.41, 5.74) is 3.94. The first-order valence-corrected chi connectivity index (χ1v) is 3.85. The van der Waals surface area contributed by atoms with Crippen LogP contribution in [0.4, 0.5) is 5.69 Å². The Balaban J connectivity index is 3.08. The molecule has 0 aromatic heterocycles. The van der Waals surface area contributed by atoms with Gasteiger partial charge in [-0.2, -0.15) is 0 Å². The summed E-state index contributed by atoms with van der Waals surface area (Å²) in [6, 6.07) is 6.56. The van der Waals surface area contributed by atoms with Gasteiger partial charge in [-0.15, -0.1) is 0 Å². The third-order valence-corrected chi connectivity index (χ3v) is 1.72. The molecular weight excluding hydrogens is 134 g/mol. The highest BCUT2D eigenvalue weighted by atomic mass is 15.1. The van der Waals surface area contributed by atoms with Gasteiger partial charge in [0, 0.05) is 19.8 Å². The van der Waals surface area contributed by atoms with E-state index >= 15 is 0 Å². The van der Waals surface area contributed by atoms with E-state index in [-0.39, 0.29) is 0 Å². The van der Waals surface area contributed by atoms with Crippen LogP contribution in [0.5, 0.6) is 0 Å². The molecule has 0 unspecified atom stereocenters. The predicted molar refractivity (Wildman–Crippen MR) is 50.2 cm³/mol. The molecule has 0 aliphatic carbocycles. The normalized spacial score (nSPS) is 9.82. The van der Waals surface area contributed by atoms with Crippen molar-refractivity contribution in [2.45, 2.75) is 13.8 Å². The second-order valence-electron chi connectivity index (χ2n) is 3.24. The van der Waals surface area contributed by atoms with Crippen LogP contribution in [0, 0.1) is 13.8 Å². The molecule has 11 heavy (non-hydrogen) atoms. The SMILES string of the molecule is Cc1cc(C)cc(N(C)C)c1. The summed E-state index contributed by atoms with van der Waals surface area (Å²) in [6.45, 7) is 4.25. The molecule has 0 amide bonds. The van der Waals surface area contributed by atoms with E-state index in [1.807, 2.05) is 0 Å². The number of rotatable bonds is 1. The predicted octanol–water partition coefficient (Wildman–Crippen LogP) is 2.37. The first-order valence-electron chi connectivity index (χ1n) is 3.85. The summed E-state index contributed by atoms with van der Waals surface area (Å²) in [5.74, 6) is 0. The van der Waals surface area contributed by atoms with Gasteiger partial charge in [-0.3, -0.25) is 0 Å². The zero-order valence-electron chi connectivity index (χ0n) is 7.68. The maximum atomic E-state index is 2.19. The Hall–Kier alpha value is -0.980. The van der Waals surface area contributed by atoms with Crippen molar-refractivity contribution in [2.75, 3.05) is 19.0 Å². The lowest BCUT2D eigenvalue weighted by Gasteiger charge is -2.13. The van der Waals surface area contributed by atoms with Crippen LogP contribution in [0.15, 0.2) is 18.2 Å². The van der Waals surface area contributed by atoms with E-state index < -0.39 is 0 Å². The minimum atomic E-state index is 1.28. The van der Waals surface area contributed by atoms with Gasteiger partial charge in [0.05, 0.1) is 0 Å². The van der Waals surface area contributed by atoms with Crippen molar-refractivity contribution in [1.29, 1.82) is 0 Å². The second-order valence-corrected chi connectivity index (χ2v) is 3.24. The van der Waals surface area contributed by atoms with Gasteiger partial charge in [0.15, 0.2) is 0 Å². The number of hydrogen-bond donors (Lipinski definition) is 0. The second kappa shape index (κ2) is 2.95. The number of anilines is 1. The Kier molecular flexibility index (Phi) is 2.18. The Morgan fingerprint density at radius 2 is 1.36 bits per heavy atom. The molecule has 0 saturated carbocycles. The van der Waals surface area contributed by atoms with Crippen LogP contribution in [-0.2, 0) is 0 Å². The summed E-state index contributed by atoms with van der Waals surface area (Å²) in [5, 5.41) is 0. The quantitative estimate of drug-likeness (QED) is 0.592. The molecule has 1 aromatic rings. The third kappa shape index (κ3) is 1.97. The summed E-state index contributed by atoms with van der Waals surface area (Å²) >= 11 is 0. The van der Waals surface area contributed by atoms with Crippen molar-refractivity contribution >= 4 is 5.69 Å². The molecule has 1 heteroatoms. The molecule has 1 rings (SSSR count). The van der Waals surface area contributed by atoms with Crippen molar-refractivity contribution in [3.05, 3.63) is 29.3 Å². The van der Waals surface area contributed by atoms with Crippen molar-refractivity contribution in [2.24, 2.45) is 0 Å². The van der Waals surface area contributed by atoms with Crippen LogP contribution < -0.4 is 4.90 Å². The van der Waals surface area contributed by atoms with Crippen molar-refractivity contribution < 1.29 is 0 Å². The Morgan fingerprint density at radius 1 is 0.909 bits per heavy atom. The summed E-state index contributed by atoms with van der Waals surface area (Å²) < 4.78 is 0. The van der Waals surface area contributed by atoms with Gasteiger partial charge in [0.2, 0.25) is 0 Å².